The Morgan fingerprint density at radius 2 is 1.75 bits per heavy atom. The molecule has 2 rings (SSSR count). The van der Waals surface area contributed by atoms with Crippen molar-refractivity contribution in [2.45, 2.75) is 62.6 Å². The molecule has 28 heavy (non-hydrogen) atoms. The monoisotopic (exact) mass is 395 g/mol. The highest BCUT2D eigenvalue weighted by Crippen LogP contribution is 2.29. The number of ether oxygens (including phenoxy) is 1. The van der Waals surface area contributed by atoms with Crippen molar-refractivity contribution < 1.29 is 30.3 Å². The summed E-state index contributed by atoms with van der Waals surface area (Å²) >= 11 is 0. The van der Waals surface area contributed by atoms with Crippen LogP contribution in [-0.2, 0) is 0 Å². The lowest BCUT2D eigenvalue weighted by Gasteiger charge is -2.31. The molecule has 0 aromatic heterocycles. The second-order valence-corrected chi connectivity index (χ2v) is 7.43. The zero-order chi connectivity index (χ0) is 20.6. The van der Waals surface area contributed by atoms with Crippen LogP contribution < -0.4 is 10.1 Å². The lowest BCUT2D eigenvalue weighted by Crippen LogP contribution is -2.53. The van der Waals surface area contributed by atoms with E-state index in [1.165, 1.54) is 0 Å². The van der Waals surface area contributed by atoms with Gasteiger partial charge in [-0.3, -0.25) is 0 Å². The summed E-state index contributed by atoms with van der Waals surface area (Å²) in [6.45, 7) is 2.11. The van der Waals surface area contributed by atoms with Gasteiger partial charge in [0.15, 0.2) is 0 Å². The van der Waals surface area contributed by atoms with E-state index in [-0.39, 0.29) is 6.54 Å². The van der Waals surface area contributed by atoms with Crippen molar-refractivity contribution >= 4 is 6.08 Å². The Kier molecular flexibility index (Phi) is 8.88. The summed E-state index contributed by atoms with van der Waals surface area (Å²) in [5.41, 5.74) is 0.0464. The SMILES string of the molecule is CCOc1ccc(/C=C/C(NCC2(O)CCCC2)[C@@H](O)[C@H](O)[C@H](O)CO)cc1. The van der Waals surface area contributed by atoms with Crippen LogP contribution in [0.4, 0.5) is 0 Å². The molecule has 0 bridgehead atoms. The zero-order valence-corrected chi connectivity index (χ0v) is 16.4. The van der Waals surface area contributed by atoms with Gasteiger partial charge in [0.2, 0.25) is 0 Å². The molecule has 7 nitrogen and oxygen atoms in total. The Morgan fingerprint density at radius 1 is 1.11 bits per heavy atom. The third kappa shape index (κ3) is 6.55. The molecule has 0 spiro atoms. The Hall–Kier alpha value is -1.48. The maximum Gasteiger partial charge on any atom is 0.119 e. The summed E-state index contributed by atoms with van der Waals surface area (Å²) in [6, 6.07) is 6.71. The number of aliphatic hydroxyl groups excluding tert-OH is 4. The topological polar surface area (TPSA) is 122 Å². The number of hydrogen-bond acceptors (Lipinski definition) is 7. The van der Waals surface area contributed by atoms with Gasteiger partial charge in [0.25, 0.3) is 0 Å². The number of rotatable bonds is 11. The Morgan fingerprint density at radius 3 is 2.32 bits per heavy atom. The quantitative estimate of drug-likeness (QED) is 0.321. The molecule has 1 aliphatic rings. The van der Waals surface area contributed by atoms with Crippen LogP contribution in [0.15, 0.2) is 30.3 Å². The van der Waals surface area contributed by atoms with Crippen LogP contribution in [0.1, 0.15) is 38.2 Å². The molecule has 158 valence electrons. The van der Waals surface area contributed by atoms with E-state index in [0.717, 1.165) is 24.2 Å². The highest BCUT2D eigenvalue weighted by molar-refractivity contribution is 5.51. The normalized spacial score (nSPS) is 20.8. The van der Waals surface area contributed by atoms with Crippen molar-refractivity contribution in [3.05, 3.63) is 35.9 Å². The predicted octanol–water partition coefficient (Wildman–Crippen LogP) is 0.437. The van der Waals surface area contributed by atoms with Gasteiger partial charge < -0.3 is 35.6 Å². The molecule has 1 aromatic rings. The van der Waals surface area contributed by atoms with Crippen LogP contribution in [-0.4, -0.2) is 75.2 Å². The van der Waals surface area contributed by atoms with E-state index in [0.29, 0.717) is 19.4 Å². The first kappa shape index (κ1) is 22.8. The molecule has 0 heterocycles. The number of nitrogens with one attached hydrogen (secondary N) is 1. The molecule has 7 heteroatoms. The fourth-order valence-corrected chi connectivity index (χ4v) is 3.42. The average Bonchev–Trinajstić information content (AvgIpc) is 3.14. The van der Waals surface area contributed by atoms with E-state index in [4.69, 9.17) is 9.84 Å². The molecule has 1 aromatic carbocycles. The Labute approximate surface area is 166 Å². The third-order valence-corrected chi connectivity index (χ3v) is 5.19. The van der Waals surface area contributed by atoms with Gasteiger partial charge in [-0.25, -0.2) is 0 Å². The summed E-state index contributed by atoms with van der Waals surface area (Å²) in [4.78, 5) is 0. The van der Waals surface area contributed by atoms with Gasteiger partial charge in [0.1, 0.15) is 24.1 Å². The molecule has 4 atom stereocenters. The molecule has 1 unspecified atom stereocenters. The smallest absolute Gasteiger partial charge is 0.119 e. The van der Waals surface area contributed by atoms with Crippen LogP contribution in [0, 0.1) is 0 Å². The summed E-state index contributed by atoms with van der Waals surface area (Å²) in [5, 5.41) is 52.9. The van der Waals surface area contributed by atoms with Crippen molar-refractivity contribution in [3.8, 4) is 5.75 Å². The van der Waals surface area contributed by atoms with Gasteiger partial charge in [0, 0.05) is 6.54 Å². The molecule has 1 saturated carbocycles. The first-order chi connectivity index (χ1) is 13.4. The largest absolute Gasteiger partial charge is 0.494 e. The molecule has 0 saturated heterocycles. The minimum absolute atomic E-state index is 0.268. The molecule has 0 aliphatic heterocycles. The van der Waals surface area contributed by atoms with Crippen molar-refractivity contribution in [2.75, 3.05) is 19.8 Å². The lowest BCUT2D eigenvalue weighted by atomic mass is 9.97. The van der Waals surface area contributed by atoms with Crippen LogP contribution >= 0.6 is 0 Å². The van der Waals surface area contributed by atoms with E-state index in [9.17, 15) is 20.4 Å². The summed E-state index contributed by atoms with van der Waals surface area (Å²) in [5.74, 6) is 0.763. The molecule has 1 fully saturated rings. The van der Waals surface area contributed by atoms with Crippen molar-refractivity contribution in [2.24, 2.45) is 0 Å². The van der Waals surface area contributed by atoms with Crippen molar-refractivity contribution in [1.29, 1.82) is 0 Å². The summed E-state index contributed by atoms with van der Waals surface area (Å²) in [7, 11) is 0. The average molecular weight is 395 g/mol. The molecule has 6 N–H and O–H groups in total. The zero-order valence-electron chi connectivity index (χ0n) is 16.4. The maximum atomic E-state index is 10.5. The van der Waals surface area contributed by atoms with Gasteiger partial charge in [-0.1, -0.05) is 37.1 Å². The lowest BCUT2D eigenvalue weighted by molar-refractivity contribution is -0.0838. The van der Waals surface area contributed by atoms with Crippen LogP contribution in [0.25, 0.3) is 6.08 Å². The van der Waals surface area contributed by atoms with Crippen LogP contribution in [0.3, 0.4) is 0 Å². The predicted molar refractivity (Wildman–Crippen MR) is 107 cm³/mol. The Bertz CT molecular complexity index is 599. The van der Waals surface area contributed by atoms with E-state index < -0.39 is 36.6 Å². The van der Waals surface area contributed by atoms with Crippen LogP contribution in [0.2, 0.25) is 0 Å². The van der Waals surface area contributed by atoms with Gasteiger partial charge >= 0.3 is 0 Å². The van der Waals surface area contributed by atoms with Crippen molar-refractivity contribution in [3.63, 3.8) is 0 Å². The van der Waals surface area contributed by atoms with Crippen molar-refractivity contribution in [1.82, 2.24) is 5.32 Å². The summed E-state index contributed by atoms with van der Waals surface area (Å²) < 4.78 is 5.41. The third-order valence-electron chi connectivity index (χ3n) is 5.19. The number of hydrogen-bond donors (Lipinski definition) is 6. The second-order valence-electron chi connectivity index (χ2n) is 7.43. The van der Waals surface area contributed by atoms with Gasteiger partial charge in [0.05, 0.1) is 24.9 Å². The molecule has 0 radical (unpaired) electrons. The van der Waals surface area contributed by atoms with E-state index in [2.05, 4.69) is 5.32 Å². The minimum Gasteiger partial charge on any atom is -0.494 e. The second kappa shape index (κ2) is 10.9. The highest BCUT2D eigenvalue weighted by atomic mass is 16.5. The maximum absolute atomic E-state index is 10.5. The Balaban J connectivity index is 2.09. The first-order valence-corrected chi connectivity index (χ1v) is 9.90. The fourth-order valence-electron chi connectivity index (χ4n) is 3.42. The number of aliphatic hydroxyl groups is 5. The van der Waals surface area contributed by atoms with E-state index >= 15 is 0 Å². The first-order valence-electron chi connectivity index (χ1n) is 9.90. The van der Waals surface area contributed by atoms with E-state index in [1.54, 1.807) is 12.2 Å². The number of benzene rings is 1. The standard InChI is InChI=1S/C21H33NO6/c1-2-28-16-8-5-15(6-9-16)7-10-17(19(25)20(26)18(24)13-23)22-14-21(27)11-3-4-12-21/h5-10,17-20,22-27H,2-4,11-14H2,1H3/b10-7+/t17?,18-,19-,20-/m1/s1. The molecular formula is C21H33NO6. The highest BCUT2D eigenvalue weighted by Gasteiger charge is 2.34. The van der Waals surface area contributed by atoms with Gasteiger partial charge in [-0.2, -0.15) is 0 Å². The van der Waals surface area contributed by atoms with Gasteiger partial charge in [-0.05, 0) is 37.5 Å². The van der Waals surface area contributed by atoms with Gasteiger partial charge in [-0.15, -0.1) is 0 Å². The van der Waals surface area contributed by atoms with Crippen LogP contribution in [0.5, 0.6) is 5.75 Å². The minimum atomic E-state index is -1.52. The molecule has 0 amide bonds. The van der Waals surface area contributed by atoms with E-state index in [1.807, 2.05) is 31.2 Å². The molecular weight excluding hydrogens is 362 g/mol. The molecule has 1 aliphatic carbocycles. The summed E-state index contributed by atoms with van der Waals surface area (Å²) in [6.07, 6.45) is 2.43. The fraction of sp³-hybridized carbons (Fsp3) is 0.619.